The highest BCUT2D eigenvalue weighted by Gasteiger charge is 2.41. The van der Waals surface area contributed by atoms with Gasteiger partial charge < -0.3 is 84.4 Å². The Kier molecular flexibility index (Phi) is 33.8. The van der Waals surface area contributed by atoms with E-state index in [-0.39, 0.29) is 62.6 Å². The van der Waals surface area contributed by atoms with Gasteiger partial charge in [-0.05, 0) is 146 Å². The van der Waals surface area contributed by atoms with E-state index in [2.05, 4.69) is 68.8 Å². The van der Waals surface area contributed by atoms with Crippen LogP contribution in [0.2, 0.25) is 5.02 Å². The number of unbranched alkanes of at least 4 members (excludes halogenated alkanes) is 1. The van der Waals surface area contributed by atoms with Crippen LogP contribution in [0.1, 0.15) is 127 Å². The molecule has 0 saturated carbocycles. The van der Waals surface area contributed by atoms with E-state index in [9.17, 15) is 62.6 Å². The highest BCUT2D eigenvalue weighted by atomic mass is 35.5. The fourth-order valence-electron chi connectivity index (χ4n) is 12.8. The zero-order valence-electron chi connectivity index (χ0n) is 64.9. The molecule has 0 spiro atoms. The molecule has 7 rings (SSSR count). The molecule has 113 heavy (non-hydrogen) atoms. The largest absolute Gasteiger partial charge is 0.394 e. The smallest absolute Gasteiger partial charge is 0.264 e. The van der Waals surface area contributed by atoms with Crippen molar-refractivity contribution in [2.75, 3.05) is 37.4 Å². The number of rotatable bonds is 40. The summed E-state index contributed by atoms with van der Waals surface area (Å²) in [6, 6.07) is 21.7. The van der Waals surface area contributed by atoms with Crippen LogP contribution in [0.3, 0.4) is 0 Å². The van der Waals surface area contributed by atoms with Crippen molar-refractivity contribution >= 4 is 116 Å². The molecule has 1 aliphatic heterocycles. The summed E-state index contributed by atoms with van der Waals surface area (Å²) in [6.07, 6.45) is 1.63. The van der Waals surface area contributed by atoms with E-state index in [1.165, 1.54) is 101 Å². The molecule has 1 fully saturated rings. The number of nitrogens with one attached hydrogen (secondary N) is 12. The van der Waals surface area contributed by atoms with Gasteiger partial charge in [-0.25, -0.2) is 0 Å². The molecule has 32 heteroatoms. The van der Waals surface area contributed by atoms with Crippen LogP contribution in [-0.4, -0.2) is 196 Å². The number of likely N-dealkylation sites (N-methyl/N-ethyl adjacent to an activating group) is 1. The molecule has 31 nitrogen and oxygen atoms in total. The summed E-state index contributed by atoms with van der Waals surface area (Å²) >= 11 is 6.26. The number of carbonyl (C=O) groups is 14. The number of halogens is 1. The zero-order chi connectivity index (χ0) is 82.6. The summed E-state index contributed by atoms with van der Waals surface area (Å²) in [5.74, 6) is -11.6. The minimum absolute atomic E-state index is 0.0119. The number of hydrogen-bond donors (Lipinski definition) is 14. The lowest BCUT2D eigenvalue weighted by Gasteiger charge is -2.33. The van der Waals surface area contributed by atoms with Gasteiger partial charge in [0.25, 0.3) is 11.8 Å². The van der Waals surface area contributed by atoms with E-state index < -0.39 is 156 Å². The van der Waals surface area contributed by atoms with Crippen LogP contribution in [-0.2, 0) is 88.0 Å². The first-order chi connectivity index (χ1) is 53.7. The molecule has 0 radical (unpaired) electrons. The lowest BCUT2D eigenvalue weighted by Crippen LogP contribution is -2.64. The van der Waals surface area contributed by atoms with Gasteiger partial charge in [0.2, 0.25) is 70.9 Å². The number of aliphatic hydroxyl groups is 1. The Bertz CT molecular complexity index is 4340. The number of nitrogens with zero attached hydrogens (tertiary/aromatic N) is 3. The Hall–Kier alpha value is -11.7. The van der Waals surface area contributed by atoms with E-state index >= 15 is 9.59 Å². The summed E-state index contributed by atoms with van der Waals surface area (Å²) < 4.78 is 0. The number of carbonyl (C=O) groups excluding carboxylic acids is 14. The summed E-state index contributed by atoms with van der Waals surface area (Å²) in [6.45, 7) is 12.3. The van der Waals surface area contributed by atoms with Crippen LogP contribution in [0.15, 0.2) is 140 Å². The Morgan fingerprint density at radius 2 is 1.03 bits per heavy atom. The number of primary amides is 1. The van der Waals surface area contributed by atoms with E-state index in [1.54, 1.807) is 50.2 Å². The Morgan fingerprint density at radius 1 is 0.531 bits per heavy atom. The molecule has 6 aromatic rings. The van der Waals surface area contributed by atoms with Crippen LogP contribution in [0.4, 0.5) is 11.4 Å². The highest BCUT2D eigenvalue weighted by molar-refractivity contribution is 6.30. The Labute approximate surface area is 661 Å². The summed E-state index contributed by atoms with van der Waals surface area (Å²) in [4.78, 5) is 203. The molecule has 1 saturated heterocycles. The molecular weight excluding hydrogens is 1470 g/mol. The van der Waals surface area contributed by atoms with Crippen molar-refractivity contribution in [3.8, 4) is 0 Å². The number of nitrogens with two attached hydrogens (primary N) is 1. The minimum atomic E-state index is -2.06. The standard InChI is InChI=1S/C81H103ClN16O15/c1-46(2)38-63(72(104)90-62(19-12-13-36-85-47(3)4)81(113)98-37-15-20-69(98)78(110)86-48(5)70(83)103)94-79(111)71(97(9)80(112)57-27-33-61(34-28-57)88-50(7)101)96-76(108)66(41-53-24-31-60(32-25-53)87-49(6)100)93-77(109)68(45-99)95-75(107)67(43-55-16-14-35-84-44-55)92-74(106)65(40-52-22-29-59(82)30-23-52)91-73(105)64(89-51(8)102)42-54-21-26-56-17-10-11-18-58(56)39-54/h10-11,14,16-18,21-35,39,44,46-48,62-69,71,85,99H,12-13,15,19-20,36-38,40-43,45H2,1-9H3,(H2,83,103)(H,86,110)(H,87,100)(H,88,101)(H,89,102)(H,90,104)(H,91,105)(H,92,106)(H,93,109)(H,94,111)(H,95,107)(H,96,108)/t48-,62+,63+,64-,65-,66+,67-,68+,69-,71+/m1/s1. The monoisotopic (exact) mass is 1570 g/mol. The first-order valence-electron chi connectivity index (χ1n) is 37.5. The lowest BCUT2D eigenvalue weighted by atomic mass is 9.99. The van der Waals surface area contributed by atoms with Gasteiger partial charge >= 0.3 is 0 Å². The fraction of sp³-hybridized carbons (Fsp3) is 0.420. The molecular formula is C81H103ClN16O15. The molecule has 0 unspecified atom stereocenters. The zero-order valence-corrected chi connectivity index (χ0v) is 65.6. The van der Waals surface area contributed by atoms with Crippen molar-refractivity contribution in [2.24, 2.45) is 11.7 Å². The predicted octanol–water partition coefficient (Wildman–Crippen LogP) is 2.89. The maximum Gasteiger partial charge on any atom is 0.264 e. The van der Waals surface area contributed by atoms with Crippen LogP contribution in [0, 0.1) is 5.92 Å². The van der Waals surface area contributed by atoms with Crippen LogP contribution in [0.5, 0.6) is 0 Å². The number of amides is 14. The van der Waals surface area contributed by atoms with Crippen molar-refractivity contribution in [1.29, 1.82) is 0 Å². The van der Waals surface area contributed by atoms with Gasteiger partial charge in [-0.2, -0.15) is 0 Å². The Balaban J connectivity index is 1.21. The second-order valence-corrected chi connectivity index (χ2v) is 29.2. The number of aliphatic hydroxyl groups excluding tert-OH is 1. The van der Waals surface area contributed by atoms with Crippen LogP contribution >= 0.6 is 11.6 Å². The van der Waals surface area contributed by atoms with Gasteiger partial charge in [0.15, 0.2) is 6.17 Å². The number of pyridine rings is 1. The van der Waals surface area contributed by atoms with Gasteiger partial charge in [-0.15, -0.1) is 0 Å². The first-order valence-corrected chi connectivity index (χ1v) is 37.9. The van der Waals surface area contributed by atoms with Crippen molar-refractivity contribution in [3.63, 3.8) is 0 Å². The molecule has 5 aromatic carbocycles. The third-order valence-electron chi connectivity index (χ3n) is 18.6. The maximum atomic E-state index is 15.4. The van der Waals surface area contributed by atoms with E-state index in [0.717, 1.165) is 15.7 Å². The van der Waals surface area contributed by atoms with Crippen molar-refractivity contribution in [3.05, 3.63) is 173 Å². The maximum absolute atomic E-state index is 15.4. The molecule has 0 aliphatic carbocycles. The number of fused-ring (bicyclic) bond motifs is 1. The van der Waals surface area contributed by atoms with E-state index in [1.807, 2.05) is 56.3 Å². The summed E-state index contributed by atoms with van der Waals surface area (Å²) in [7, 11) is 1.18. The van der Waals surface area contributed by atoms with Crippen molar-refractivity contribution < 1.29 is 72.2 Å². The average molecular weight is 1580 g/mol. The summed E-state index contributed by atoms with van der Waals surface area (Å²) in [5.41, 5.74) is 8.02. The van der Waals surface area contributed by atoms with Crippen LogP contribution in [0.25, 0.3) is 10.8 Å². The first kappa shape index (κ1) is 88.5. The number of likely N-dealkylation sites (tertiary alicyclic amines) is 1. The fourth-order valence-corrected chi connectivity index (χ4v) is 12.9. The molecule has 14 amide bonds. The number of hydrogen-bond acceptors (Lipinski definition) is 17. The van der Waals surface area contributed by atoms with Crippen molar-refractivity contribution in [2.45, 2.75) is 186 Å². The van der Waals surface area contributed by atoms with Crippen molar-refractivity contribution in [1.82, 2.24) is 68.0 Å². The molecule has 1 aliphatic rings. The van der Waals surface area contributed by atoms with E-state index in [0.29, 0.717) is 64.5 Å². The minimum Gasteiger partial charge on any atom is -0.394 e. The van der Waals surface area contributed by atoms with Gasteiger partial charge in [0.1, 0.15) is 54.4 Å². The number of anilines is 2. The average Bonchev–Trinajstić information content (AvgIpc) is 1.81. The third-order valence-corrected chi connectivity index (χ3v) is 18.9. The second kappa shape index (κ2) is 43.2. The Morgan fingerprint density at radius 3 is 1.57 bits per heavy atom. The topological polar surface area (TPSA) is 449 Å². The normalized spacial score (nSPS) is 14.9. The van der Waals surface area contributed by atoms with Gasteiger partial charge in [-0.3, -0.25) is 72.1 Å². The molecule has 2 heterocycles. The highest BCUT2D eigenvalue weighted by Crippen LogP contribution is 2.23. The summed E-state index contributed by atoms with van der Waals surface area (Å²) in [5, 5.41) is 45.8. The molecule has 1 aromatic heterocycles. The van der Waals surface area contributed by atoms with Gasteiger partial charge in [0.05, 0.1) is 6.61 Å². The van der Waals surface area contributed by atoms with Gasteiger partial charge in [-0.1, -0.05) is 112 Å². The third kappa shape index (κ3) is 27.9. The molecule has 604 valence electrons. The van der Waals surface area contributed by atoms with Crippen LogP contribution < -0.4 is 69.5 Å². The molecule has 15 N–H and O–H groups in total. The van der Waals surface area contributed by atoms with Gasteiger partial charge in [0, 0.05) is 100 Å². The molecule has 10 atom stereocenters. The number of benzene rings is 5. The quantitative estimate of drug-likeness (QED) is 0.0194. The predicted molar refractivity (Wildman–Crippen MR) is 424 cm³/mol. The lowest BCUT2D eigenvalue weighted by molar-refractivity contribution is -0.142. The molecule has 0 bridgehead atoms. The SMILES string of the molecule is CC(=O)Nc1ccc(C[C@H](NC(=O)[C@H](CO)NC(=O)[C@@H](Cc2cccnc2)NC(=O)[C@@H](Cc2ccc(Cl)cc2)NC(=O)[C@@H](Cc2ccc3ccccc3c2)NC(C)=O)C(=O)N[C@H](C(=O)N[C@@H](CC(C)C)C(=O)N[C@@H](CCCCNC(C)C)C(=O)N2CCC[C@@H]2C(=O)N[C@H](C)C(N)=O)N(C)C(=O)c2ccc(NC(C)=O)cc2)cc1. The second-order valence-electron chi connectivity index (χ2n) is 28.8. The van der Waals surface area contributed by atoms with E-state index in [4.69, 9.17) is 17.3 Å². The number of aromatic nitrogens is 1.